The lowest BCUT2D eigenvalue weighted by molar-refractivity contribution is 0.437. The summed E-state index contributed by atoms with van der Waals surface area (Å²) in [5.74, 6) is 0.784. The highest BCUT2D eigenvalue weighted by Crippen LogP contribution is 2.23. The molecular formula is C15H18BrN3OS. The van der Waals surface area contributed by atoms with Crippen LogP contribution in [0.4, 0.5) is 5.69 Å². The summed E-state index contributed by atoms with van der Waals surface area (Å²) >= 11 is 5.07. The first-order valence-electron chi connectivity index (χ1n) is 7.18. The van der Waals surface area contributed by atoms with Crippen molar-refractivity contribution < 1.29 is 0 Å². The van der Waals surface area contributed by atoms with Crippen LogP contribution in [-0.4, -0.2) is 22.9 Å². The van der Waals surface area contributed by atoms with Gasteiger partial charge in [0, 0.05) is 24.0 Å². The third-order valence-corrected chi connectivity index (χ3v) is 5.55. The summed E-state index contributed by atoms with van der Waals surface area (Å²) in [5.41, 5.74) is 0.922. The van der Waals surface area contributed by atoms with Gasteiger partial charge in [0.15, 0.2) is 0 Å². The third kappa shape index (κ3) is 3.55. The molecule has 6 heteroatoms. The van der Waals surface area contributed by atoms with Crippen molar-refractivity contribution >= 4 is 33.0 Å². The van der Waals surface area contributed by atoms with Gasteiger partial charge in [0.25, 0.3) is 5.56 Å². The van der Waals surface area contributed by atoms with Crippen LogP contribution < -0.4 is 10.5 Å². The summed E-state index contributed by atoms with van der Waals surface area (Å²) in [4.78, 5) is 15.6. The van der Waals surface area contributed by atoms with E-state index >= 15 is 0 Å². The zero-order valence-corrected chi connectivity index (χ0v) is 14.4. The third-order valence-electron chi connectivity index (χ3n) is 3.94. The Morgan fingerprint density at radius 2 is 2.14 bits per heavy atom. The van der Waals surface area contributed by atoms with E-state index < -0.39 is 0 Å². The number of rotatable bonds is 3. The number of nitrogens with zero attached hydrogens (tertiary/aromatic N) is 3. The van der Waals surface area contributed by atoms with E-state index in [1.54, 1.807) is 17.4 Å². The summed E-state index contributed by atoms with van der Waals surface area (Å²) in [6.45, 7) is 4.85. The van der Waals surface area contributed by atoms with Crippen molar-refractivity contribution in [1.82, 2.24) is 9.78 Å². The summed E-state index contributed by atoms with van der Waals surface area (Å²) in [7, 11) is 0. The maximum atomic E-state index is 12.2. The van der Waals surface area contributed by atoms with E-state index in [0.29, 0.717) is 6.54 Å². The van der Waals surface area contributed by atoms with Crippen LogP contribution >= 0.6 is 27.3 Å². The number of hydrogen-bond acceptors (Lipinski definition) is 4. The molecule has 0 aliphatic carbocycles. The van der Waals surface area contributed by atoms with Crippen LogP contribution in [0.15, 0.2) is 33.0 Å². The fourth-order valence-corrected chi connectivity index (χ4v) is 4.03. The van der Waals surface area contributed by atoms with Crippen LogP contribution in [0.2, 0.25) is 0 Å². The van der Waals surface area contributed by atoms with Crippen molar-refractivity contribution in [1.29, 1.82) is 0 Å². The minimum absolute atomic E-state index is 0.0318. The minimum Gasteiger partial charge on any atom is -0.370 e. The predicted molar refractivity (Wildman–Crippen MR) is 90.2 cm³/mol. The number of anilines is 1. The van der Waals surface area contributed by atoms with Crippen LogP contribution in [0.25, 0.3) is 0 Å². The Morgan fingerprint density at radius 3 is 2.76 bits per heavy atom. The minimum atomic E-state index is -0.0318. The Morgan fingerprint density at radius 1 is 1.38 bits per heavy atom. The van der Waals surface area contributed by atoms with Gasteiger partial charge in [0.05, 0.1) is 22.2 Å². The first-order chi connectivity index (χ1) is 10.1. The Bertz CT molecular complexity index is 674. The molecule has 2 aromatic rings. The molecule has 4 nitrogen and oxygen atoms in total. The van der Waals surface area contributed by atoms with E-state index in [0.717, 1.165) is 33.4 Å². The second kappa shape index (κ2) is 6.32. The van der Waals surface area contributed by atoms with Gasteiger partial charge in [0.2, 0.25) is 0 Å². The number of hydrogen-bond donors (Lipinski definition) is 0. The van der Waals surface area contributed by atoms with Crippen molar-refractivity contribution in [2.24, 2.45) is 5.92 Å². The molecule has 2 aromatic heterocycles. The van der Waals surface area contributed by atoms with Gasteiger partial charge in [-0.2, -0.15) is 5.10 Å². The number of piperidine rings is 1. The molecule has 1 aliphatic rings. The molecular weight excluding hydrogens is 350 g/mol. The molecule has 1 fully saturated rings. The van der Waals surface area contributed by atoms with Gasteiger partial charge >= 0.3 is 0 Å². The van der Waals surface area contributed by atoms with Crippen molar-refractivity contribution in [2.75, 3.05) is 18.0 Å². The Balaban J connectivity index is 1.75. The Kier molecular flexibility index (Phi) is 4.45. The Hall–Kier alpha value is -1.14. The van der Waals surface area contributed by atoms with Crippen molar-refractivity contribution in [3.63, 3.8) is 0 Å². The highest BCUT2D eigenvalue weighted by molar-refractivity contribution is 9.11. The van der Waals surface area contributed by atoms with Gasteiger partial charge in [-0.15, -0.1) is 11.3 Å². The largest absolute Gasteiger partial charge is 0.370 e. The van der Waals surface area contributed by atoms with E-state index in [4.69, 9.17) is 0 Å². The maximum absolute atomic E-state index is 12.2. The quantitative estimate of drug-likeness (QED) is 0.834. The van der Waals surface area contributed by atoms with Crippen LogP contribution in [0.1, 0.15) is 24.6 Å². The normalized spacial score (nSPS) is 16.4. The number of aromatic nitrogens is 2. The lowest BCUT2D eigenvalue weighted by Gasteiger charge is -2.31. The molecule has 0 spiro atoms. The molecule has 3 rings (SSSR count). The SMILES string of the molecule is CC1CCN(c2cnn(Cc3ccc(Br)s3)c(=O)c2)CC1. The highest BCUT2D eigenvalue weighted by atomic mass is 79.9. The van der Waals surface area contributed by atoms with Crippen LogP contribution in [0.5, 0.6) is 0 Å². The highest BCUT2D eigenvalue weighted by Gasteiger charge is 2.17. The zero-order chi connectivity index (χ0) is 14.8. The summed E-state index contributed by atoms with van der Waals surface area (Å²) in [6, 6.07) is 5.72. The van der Waals surface area contributed by atoms with Crippen molar-refractivity contribution in [2.45, 2.75) is 26.3 Å². The first kappa shape index (κ1) is 14.8. The molecule has 1 saturated heterocycles. The molecule has 0 amide bonds. The van der Waals surface area contributed by atoms with E-state index in [1.165, 1.54) is 17.5 Å². The monoisotopic (exact) mass is 367 g/mol. The van der Waals surface area contributed by atoms with Crippen molar-refractivity contribution in [3.8, 4) is 0 Å². The maximum Gasteiger partial charge on any atom is 0.269 e. The molecule has 1 aliphatic heterocycles. The molecule has 3 heterocycles. The molecule has 112 valence electrons. The van der Waals surface area contributed by atoms with Gasteiger partial charge in [-0.3, -0.25) is 4.79 Å². The predicted octanol–water partition coefficient (Wildman–Crippen LogP) is 3.35. The lowest BCUT2D eigenvalue weighted by Crippen LogP contribution is -2.34. The van der Waals surface area contributed by atoms with Crippen LogP contribution in [-0.2, 0) is 6.54 Å². The fraction of sp³-hybridized carbons (Fsp3) is 0.467. The van der Waals surface area contributed by atoms with E-state index in [-0.39, 0.29) is 5.56 Å². The summed E-state index contributed by atoms with van der Waals surface area (Å²) < 4.78 is 2.60. The van der Waals surface area contributed by atoms with E-state index in [1.807, 2.05) is 18.3 Å². The second-order valence-corrected chi connectivity index (χ2v) is 8.13. The van der Waals surface area contributed by atoms with Gasteiger partial charge < -0.3 is 4.90 Å². The van der Waals surface area contributed by atoms with Crippen LogP contribution in [0, 0.1) is 5.92 Å². The summed E-state index contributed by atoms with van der Waals surface area (Å²) in [5, 5.41) is 4.33. The van der Waals surface area contributed by atoms with Gasteiger partial charge in [-0.25, -0.2) is 4.68 Å². The lowest BCUT2D eigenvalue weighted by atomic mass is 9.99. The standard InChI is InChI=1S/C15H18BrN3OS/c1-11-4-6-18(7-5-11)12-8-15(20)19(17-9-12)10-13-2-3-14(16)21-13/h2-3,8-9,11H,4-7,10H2,1H3. The first-order valence-corrected chi connectivity index (χ1v) is 8.79. The molecule has 0 unspecified atom stereocenters. The van der Waals surface area contributed by atoms with Gasteiger partial charge in [0.1, 0.15) is 0 Å². The average molecular weight is 368 g/mol. The molecule has 0 radical (unpaired) electrons. The van der Waals surface area contributed by atoms with Crippen LogP contribution in [0.3, 0.4) is 0 Å². The average Bonchev–Trinajstić information content (AvgIpc) is 2.87. The number of halogens is 1. The topological polar surface area (TPSA) is 38.1 Å². The summed E-state index contributed by atoms with van der Waals surface area (Å²) in [6.07, 6.45) is 4.19. The molecule has 0 aromatic carbocycles. The molecule has 0 atom stereocenters. The van der Waals surface area contributed by atoms with E-state index in [9.17, 15) is 4.79 Å². The molecule has 0 bridgehead atoms. The fourth-order valence-electron chi connectivity index (χ4n) is 2.57. The molecule has 0 saturated carbocycles. The molecule has 21 heavy (non-hydrogen) atoms. The Labute approximate surface area is 136 Å². The second-order valence-electron chi connectivity index (χ2n) is 5.59. The smallest absolute Gasteiger partial charge is 0.269 e. The molecule has 0 N–H and O–H groups in total. The number of thiophene rings is 1. The van der Waals surface area contributed by atoms with Crippen molar-refractivity contribution in [3.05, 3.63) is 43.4 Å². The van der Waals surface area contributed by atoms with Gasteiger partial charge in [-0.05, 0) is 46.8 Å². The van der Waals surface area contributed by atoms with E-state index in [2.05, 4.69) is 32.9 Å². The zero-order valence-electron chi connectivity index (χ0n) is 12.0. The van der Waals surface area contributed by atoms with Gasteiger partial charge in [-0.1, -0.05) is 6.92 Å².